The maximum atomic E-state index is 12.4. The number of carbonyl (C=O) groups is 1. The maximum absolute atomic E-state index is 12.4. The van der Waals surface area contributed by atoms with Gasteiger partial charge in [-0.2, -0.15) is 0 Å². The topological polar surface area (TPSA) is 63.7 Å². The van der Waals surface area contributed by atoms with Gasteiger partial charge in [-0.25, -0.2) is 4.98 Å². The van der Waals surface area contributed by atoms with E-state index in [4.69, 9.17) is 21.1 Å². The van der Waals surface area contributed by atoms with Crippen molar-refractivity contribution in [2.24, 2.45) is 0 Å². The largest absolute Gasteiger partial charge is 0.378 e. The summed E-state index contributed by atoms with van der Waals surface area (Å²) in [6.07, 6.45) is 2.51. The fourth-order valence-corrected chi connectivity index (χ4v) is 3.53. The van der Waals surface area contributed by atoms with E-state index in [2.05, 4.69) is 15.2 Å². The predicted molar refractivity (Wildman–Crippen MR) is 100.0 cm³/mol. The predicted octanol–water partition coefficient (Wildman–Crippen LogP) is 2.98. The summed E-state index contributed by atoms with van der Waals surface area (Å²) in [5.74, 6) is 0.632. The standard InChI is InChI=1S/C19H20ClN3O3/c20-15-2-1-3-16(10-15)22-18(24)14-4-5-17(21-11-14)23-7-9-26-19(12-23)6-8-25-13-19/h1-5,10-11H,6-9,12-13H2,(H,22,24). The monoisotopic (exact) mass is 373 g/mol. The normalized spacial score (nSPS) is 22.6. The van der Waals surface area contributed by atoms with Gasteiger partial charge in [-0.3, -0.25) is 4.79 Å². The molecule has 1 amide bonds. The van der Waals surface area contributed by atoms with Crippen molar-refractivity contribution in [2.45, 2.75) is 12.0 Å². The molecule has 1 N–H and O–H groups in total. The van der Waals surface area contributed by atoms with Gasteiger partial charge in [0.25, 0.3) is 5.91 Å². The third-order valence-corrected chi connectivity index (χ3v) is 4.97. The van der Waals surface area contributed by atoms with Gasteiger partial charge in [-0.15, -0.1) is 0 Å². The molecule has 0 bridgehead atoms. The molecule has 0 aliphatic carbocycles. The van der Waals surface area contributed by atoms with Crippen molar-refractivity contribution < 1.29 is 14.3 Å². The van der Waals surface area contributed by atoms with E-state index in [0.29, 0.717) is 29.5 Å². The Bertz CT molecular complexity index is 791. The van der Waals surface area contributed by atoms with Crippen LogP contribution < -0.4 is 10.2 Å². The molecule has 1 atom stereocenters. The molecule has 2 saturated heterocycles. The first kappa shape index (κ1) is 17.3. The molecule has 1 spiro atoms. The van der Waals surface area contributed by atoms with E-state index in [1.165, 1.54) is 0 Å². The van der Waals surface area contributed by atoms with Gasteiger partial charge in [-0.05, 0) is 30.3 Å². The van der Waals surface area contributed by atoms with Crippen molar-refractivity contribution in [1.82, 2.24) is 4.98 Å². The highest BCUT2D eigenvalue weighted by Crippen LogP contribution is 2.29. The molecule has 2 aromatic rings. The number of halogens is 1. The number of nitrogens with one attached hydrogen (secondary N) is 1. The molecule has 0 saturated carbocycles. The molecule has 2 aliphatic rings. The van der Waals surface area contributed by atoms with Crippen LogP contribution in [0.5, 0.6) is 0 Å². The lowest BCUT2D eigenvalue weighted by molar-refractivity contribution is -0.0581. The fourth-order valence-electron chi connectivity index (χ4n) is 3.34. The first-order chi connectivity index (χ1) is 12.6. The smallest absolute Gasteiger partial charge is 0.257 e. The molecular weight excluding hydrogens is 354 g/mol. The van der Waals surface area contributed by atoms with Crippen molar-refractivity contribution in [3.05, 3.63) is 53.2 Å². The first-order valence-corrected chi connectivity index (χ1v) is 9.01. The van der Waals surface area contributed by atoms with Gasteiger partial charge in [0.15, 0.2) is 0 Å². The van der Waals surface area contributed by atoms with Crippen LogP contribution in [0.3, 0.4) is 0 Å². The summed E-state index contributed by atoms with van der Waals surface area (Å²) in [4.78, 5) is 19.0. The number of anilines is 2. The quantitative estimate of drug-likeness (QED) is 0.896. The van der Waals surface area contributed by atoms with E-state index >= 15 is 0 Å². The fraction of sp³-hybridized carbons (Fsp3) is 0.368. The van der Waals surface area contributed by atoms with Crippen molar-refractivity contribution in [1.29, 1.82) is 0 Å². The molecular formula is C19H20ClN3O3. The second-order valence-corrected chi connectivity index (χ2v) is 7.06. The second-order valence-electron chi connectivity index (χ2n) is 6.63. The molecule has 0 radical (unpaired) electrons. The lowest BCUT2D eigenvalue weighted by Gasteiger charge is -2.40. The zero-order valence-corrected chi connectivity index (χ0v) is 15.0. The van der Waals surface area contributed by atoms with E-state index in [1.54, 1.807) is 36.5 Å². The molecule has 2 aliphatic heterocycles. The number of benzene rings is 1. The number of nitrogens with zero attached hydrogens (tertiary/aromatic N) is 2. The average Bonchev–Trinajstić information content (AvgIpc) is 3.09. The summed E-state index contributed by atoms with van der Waals surface area (Å²) in [6.45, 7) is 3.56. The molecule has 1 unspecified atom stereocenters. The molecule has 6 nitrogen and oxygen atoms in total. The number of amides is 1. The number of rotatable bonds is 3. The molecule has 7 heteroatoms. The number of pyridine rings is 1. The van der Waals surface area contributed by atoms with Crippen molar-refractivity contribution in [3.63, 3.8) is 0 Å². The van der Waals surface area contributed by atoms with Crippen molar-refractivity contribution >= 4 is 29.0 Å². The molecule has 1 aromatic carbocycles. The van der Waals surface area contributed by atoms with Gasteiger partial charge < -0.3 is 19.7 Å². The van der Waals surface area contributed by atoms with Crippen LogP contribution in [0.4, 0.5) is 11.5 Å². The Kier molecular flexibility index (Phi) is 4.80. The van der Waals surface area contributed by atoms with Crippen LogP contribution in [0.1, 0.15) is 16.8 Å². The molecule has 2 fully saturated rings. The van der Waals surface area contributed by atoms with E-state index in [0.717, 1.165) is 31.9 Å². The number of hydrogen-bond acceptors (Lipinski definition) is 5. The average molecular weight is 374 g/mol. The summed E-state index contributed by atoms with van der Waals surface area (Å²) in [5.41, 5.74) is 0.937. The number of ether oxygens (including phenoxy) is 2. The van der Waals surface area contributed by atoms with E-state index in [-0.39, 0.29) is 11.5 Å². The SMILES string of the molecule is O=C(Nc1cccc(Cl)c1)c1ccc(N2CCOC3(CCOC3)C2)nc1. The van der Waals surface area contributed by atoms with Gasteiger partial charge in [-0.1, -0.05) is 17.7 Å². The van der Waals surface area contributed by atoms with E-state index < -0.39 is 0 Å². The second kappa shape index (κ2) is 7.23. The maximum Gasteiger partial charge on any atom is 0.257 e. The molecule has 3 heterocycles. The van der Waals surface area contributed by atoms with Crippen LogP contribution in [0.25, 0.3) is 0 Å². The Morgan fingerprint density at radius 2 is 2.19 bits per heavy atom. The molecule has 1 aromatic heterocycles. The van der Waals surface area contributed by atoms with Crippen LogP contribution in [-0.2, 0) is 9.47 Å². The Hall–Kier alpha value is -2.15. The third-order valence-electron chi connectivity index (χ3n) is 4.73. The summed E-state index contributed by atoms with van der Waals surface area (Å²) < 4.78 is 11.4. The lowest BCUT2D eigenvalue weighted by Crippen LogP contribution is -2.52. The Morgan fingerprint density at radius 3 is 2.92 bits per heavy atom. The van der Waals surface area contributed by atoms with E-state index in [9.17, 15) is 4.79 Å². The lowest BCUT2D eigenvalue weighted by atomic mass is 10.0. The van der Waals surface area contributed by atoms with Gasteiger partial charge in [0.1, 0.15) is 11.4 Å². The first-order valence-electron chi connectivity index (χ1n) is 8.63. The van der Waals surface area contributed by atoms with E-state index in [1.807, 2.05) is 6.07 Å². The summed E-state index contributed by atoms with van der Waals surface area (Å²) in [5, 5.41) is 3.40. The van der Waals surface area contributed by atoms with Crippen molar-refractivity contribution in [3.8, 4) is 0 Å². The Balaban J connectivity index is 1.44. The Labute approximate surface area is 157 Å². The number of morpholine rings is 1. The zero-order valence-electron chi connectivity index (χ0n) is 14.3. The zero-order chi connectivity index (χ0) is 18.0. The highest BCUT2D eigenvalue weighted by Gasteiger charge is 2.40. The summed E-state index contributed by atoms with van der Waals surface area (Å²) >= 11 is 5.94. The van der Waals surface area contributed by atoms with Crippen molar-refractivity contribution in [2.75, 3.05) is 43.1 Å². The summed E-state index contributed by atoms with van der Waals surface area (Å²) in [7, 11) is 0. The number of carbonyl (C=O) groups excluding carboxylic acids is 1. The highest BCUT2D eigenvalue weighted by atomic mass is 35.5. The number of aromatic nitrogens is 1. The van der Waals surface area contributed by atoms with Crippen LogP contribution >= 0.6 is 11.6 Å². The molecule has 136 valence electrons. The van der Waals surface area contributed by atoms with Gasteiger partial charge in [0.05, 0.1) is 25.3 Å². The van der Waals surface area contributed by atoms with Crippen LogP contribution in [-0.4, -0.2) is 49.4 Å². The summed E-state index contributed by atoms with van der Waals surface area (Å²) in [6, 6.07) is 10.7. The van der Waals surface area contributed by atoms with Gasteiger partial charge in [0, 0.05) is 36.5 Å². The minimum atomic E-state index is -0.220. The molecule has 26 heavy (non-hydrogen) atoms. The molecule has 4 rings (SSSR count). The highest BCUT2D eigenvalue weighted by molar-refractivity contribution is 6.30. The van der Waals surface area contributed by atoms with Gasteiger partial charge >= 0.3 is 0 Å². The minimum Gasteiger partial charge on any atom is -0.378 e. The van der Waals surface area contributed by atoms with Gasteiger partial charge in [0.2, 0.25) is 0 Å². The van der Waals surface area contributed by atoms with Crippen LogP contribution in [0, 0.1) is 0 Å². The van der Waals surface area contributed by atoms with Crippen LogP contribution in [0.15, 0.2) is 42.6 Å². The van der Waals surface area contributed by atoms with Crippen LogP contribution in [0.2, 0.25) is 5.02 Å². The minimum absolute atomic E-state index is 0.214. The third kappa shape index (κ3) is 3.67. The number of hydrogen-bond donors (Lipinski definition) is 1. The Morgan fingerprint density at radius 1 is 1.27 bits per heavy atom.